The topological polar surface area (TPSA) is 78.5 Å². The molecule has 7 heteroatoms. The Bertz CT molecular complexity index is 640. The summed E-state index contributed by atoms with van der Waals surface area (Å²) in [5.41, 5.74) is 1.94. The fraction of sp³-hybridized carbons (Fsp3) is 0.625. The van der Waals surface area contributed by atoms with Gasteiger partial charge in [-0.25, -0.2) is 13.1 Å². The molecule has 0 bridgehead atoms. The molecular formula is C16H25NO4S2. The Labute approximate surface area is 142 Å². The molecule has 23 heavy (non-hydrogen) atoms. The van der Waals surface area contributed by atoms with Crippen LogP contribution in [0.15, 0.2) is 24.3 Å². The third-order valence-electron chi connectivity index (χ3n) is 3.67. The SMILES string of the molecule is CCCS(=O)(=O)NC1c2ccccc2CC1O[S+]([O-])C(C)(C)C. The lowest BCUT2D eigenvalue weighted by atomic mass is 10.1. The molecule has 5 nitrogen and oxygen atoms in total. The van der Waals surface area contributed by atoms with Gasteiger partial charge in [-0.05, 0) is 38.3 Å². The van der Waals surface area contributed by atoms with Crippen LogP contribution in [0, 0.1) is 0 Å². The zero-order chi connectivity index (χ0) is 17.3. The number of benzene rings is 1. The Morgan fingerprint density at radius 3 is 2.61 bits per heavy atom. The second-order valence-electron chi connectivity index (χ2n) is 6.80. The molecule has 0 amide bonds. The van der Waals surface area contributed by atoms with E-state index in [1.54, 1.807) is 0 Å². The average Bonchev–Trinajstić information content (AvgIpc) is 2.75. The standard InChI is InChI=1S/C16H25NO4S2/c1-5-10-23(19,20)17-15-13-9-7-6-8-12(13)11-14(15)21-22(18)16(2,3)4/h6-9,14-15,17H,5,10-11H2,1-4H3. The van der Waals surface area contributed by atoms with Gasteiger partial charge in [0.1, 0.15) is 17.6 Å². The number of rotatable bonds is 6. The van der Waals surface area contributed by atoms with Crippen molar-refractivity contribution in [3.8, 4) is 0 Å². The molecule has 1 aliphatic rings. The highest BCUT2D eigenvalue weighted by Crippen LogP contribution is 2.36. The zero-order valence-corrected chi connectivity index (χ0v) is 15.7. The maximum Gasteiger partial charge on any atom is 0.212 e. The summed E-state index contributed by atoms with van der Waals surface area (Å²) in [4.78, 5) is 0. The molecule has 2 rings (SSSR count). The first-order valence-corrected chi connectivity index (χ1v) is 10.5. The van der Waals surface area contributed by atoms with Crippen molar-refractivity contribution in [2.24, 2.45) is 0 Å². The van der Waals surface area contributed by atoms with Crippen molar-refractivity contribution in [2.75, 3.05) is 5.75 Å². The van der Waals surface area contributed by atoms with Gasteiger partial charge in [0, 0.05) is 6.42 Å². The van der Waals surface area contributed by atoms with Crippen LogP contribution in [0.4, 0.5) is 0 Å². The fourth-order valence-electron chi connectivity index (χ4n) is 2.57. The van der Waals surface area contributed by atoms with Crippen LogP contribution in [0.2, 0.25) is 0 Å². The highest BCUT2D eigenvalue weighted by atomic mass is 32.2. The van der Waals surface area contributed by atoms with E-state index in [1.165, 1.54) is 0 Å². The monoisotopic (exact) mass is 359 g/mol. The van der Waals surface area contributed by atoms with E-state index >= 15 is 0 Å². The number of fused-ring (bicyclic) bond motifs is 1. The van der Waals surface area contributed by atoms with Gasteiger partial charge in [-0.15, -0.1) is 0 Å². The van der Waals surface area contributed by atoms with Gasteiger partial charge < -0.3 is 4.55 Å². The molecular weight excluding hydrogens is 334 g/mol. The maximum absolute atomic E-state index is 12.3. The summed E-state index contributed by atoms with van der Waals surface area (Å²) in [6.45, 7) is 7.33. The van der Waals surface area contributed by atoms with Crippen LogP contribution in [0.1, 0.15) is 51.3 Å². The molecule has 1 aromatic rings. The molecule has 1 aliphatic carbocycles. The number of sulfonamides is 1. The highest BCUT2D eigenvalue weighted by molar-refractivity contribution is 7.89. The fourth-order valence-corrected chi connectivity index (χ4v) is 4.58. The summed E-state index contributed by atoms with van der Waals surface area (Å²) in [6.07, 6.45) is 0.638. The second kappa shape index (κ2) is 7.11. The Morgan fingerprint density at radius 1 is 1.35 bits per heavy atom. The third kappa shape index (κ3) is 4.70. The van der Waals surface area contributed by atoms with Crippen LogP contribution >= 0.6 is 0 Å². The van der Waals surface area contributed by atoms with E-state index in [0.29, 0.717) is 12.8 Å². The van der Waals surface area contributed by atoms with Gasteiger partial charge in [0.15, 0.2) is 4.75 Å². The van der Waals surface area contributed by atoms with Crippen molar-refractivity contribution in [1.82, 2.24) is 4.72 Å². The predicted octanol–water partition coefficient (Wildman–Crippen LogP) is 2.46. The Morgan fingerprint density at radius 2 is 2.00 bits per heavy atom. The zero-order valence-electron chi connectivity index (χ0n) is 14.0. The third-order valence-corrected chi connectivity index (χ3v) is 6.65. The molecule has 0 heterocycles. The van der Waals surface area contributed by atoms with E-state index < -0.39 is 38.4 Å². The molecule has 0 saturated heterocycles. The molecule has 1 N–H and O–H groups in total. The summed E-state index contributed by atoms with van der Waals surface area (Å²) in [7, 11) is -3.39. The maximum atomic E-state index is 12.3. The summed E-state index contributed by atoms with van der Waals surface area (Å²) >= 11 is -1.50. The van der Waals surface area contributed by atoms with Crippen molar-refractivity contribution in [3.63, 3.8) is 0 Å². The van der Waals surface area contributed by atoms with Gasteiger partial charge in [0.2, 0.25) is 10.0 Å². The van der Waals surface area contributed by atoms with Gasteiger partial charge in [0.05, 0.1) is 11.8 Å². The number of nitrogens with one attached hydrogen (secondary N) is 1. The van der Waals surface area contributed by atoms with Gasteiger partial charge >= 0.3 is 0 Å². The van der Waals surface area contributed by atoms with E-state index in [1.807, 2.05) is 52.0 Å². The van der Waals surface area contributed by atoms with E-state index in [-0.39, 0.29) is 5.75 Å². The first-order chi connectivity index (χ1) is 10.6. The molecule has 3 atom stereocenters. The van der Waals surface area contributed by atoms with Gasteiger partial charge in [-0.2, -0.15) is 4.18 Å². The molecule has 0 fully saturated rings. The normalized spacial score (nSPS) is 22.8. The average molecular weight is 360 g/mol. The lowest BCUT2D eigenvalue weighted by molar-refractivity contribution is 0.179. The molecule has 0 radical (unpaired) electrons. The molecule has 0 spiro atoms. The number of hydrogen-bond acceptors (Lipinski definition) is 4. The lowest BCUT2D eigenvalue weighted by Crippen LogP contribution is -2.40. The van der Waals surface area contributed by atoms with Crippen LogP contribution in [-0.2, 0) is 32.1 Å². The molecule has 0 aromatic heterocycles. The first-order valence-electron chi connectivity index (χ1n) is 7.81. The van der Waals surface area contributed by atoms with Crippen LogP contribution < -0.4 is 4.72 Å². The van der Waals surface area contributed by atoms with Gasteiger partial charge in [-0.3, -0.25) is 0 Å². The van der Waals surface area contributed by atoms with Crippen molar-refractivity contribution < 1.29 is 17.2 Å². The minimum atomic E-state index is -3.39. The van der Waals surface area contributed by atoms with Crippen molar-refractivity contribution in [3.05, 3.63) is 35.4 Å². The van der Waals surface area contributed by atoms with Crippen molar-refractivity contribution >= 4 is 21.5 Å². The Balaban J connectivity index is 2.25. The lowest BCUT2D eigenvalue weighted by Gasteiger charge is -2.27. The summed E-state index contributed by atoms with van der Waals surface area (Å²) in [5.74, 6) is 0.0702. The van der Waals surface area contributed by atoms with E-state index in [2.05, 4.69) is 4.72 Å². The summed E-state index contributed by atoms with van der Waals surface area (Å²) in [5, 5.41) is 0. The minimum Gasteiger partial charge on any atom is -0.585 e. The largest absolute Gasteiger partial charge is 0.585 e. The minimum absolute atomic E-state index is 0.0702. The Kier molecular flexibility index (Phi) is 5.79. The van der Waals surface area contributed by atoms with Crippen LogP contribution in [-0.4, -0.2) is 29.6 Å². The number of hydrogen-bond donors (Lipinski definition) is 1. The summed E-state index contributed by atoms with van der Waals surface area (Å²) < 4.78 is 44.6. The smallest absolute Gasteiger partial charge is 0.212 e. The molecule has 3 unspecified atom stereocenters. The predicted molar refractivity (Wildman–Crippen MR) is 92.9 cm³/mol. The van der Waals surface area contributed by atoms with Crippen LogP contribution in [0.25, 0.3) is 0 Å². The van der Waals surface area contributed by atoms with E-state index in [0.717, 1.165) is 11.1 Å². The Hall–Kier alpha value is -0.600. The molecule has 130 valence electrons. The van der Waals surface area contributed by atoms with Crippen LogP contribution in [0.5, 0.6) is 0 Å². The van der Waals surface area contributed by atoms with Gasteiger partial charge in [-0.1, -0.05) is 31.2 Å². The van der Waals surface area contributed by atoms with Crippen molar-refractivity contribution in [1.29, 1.82) is 0 Å². The van der Waals surface area contributed by atoms with Crippen LogP contribution in [0.3, 0.4) is 0 Å². The van der Waals surface area contributed by atoms with E-state index in [9.17, 15) is 13.0 Å². The molecule has 0 aliphatic heterocycles. The first kappa shape index (κ1) is 18.7. The second-order valence-corrected chi connectivity index (χ2v) is 10.6. The molecule has 1 aromatic carbocycles. The van der Waals surface area contributed by atoms with Gasteiger partial charge in [0.25, 0.3) is 0 Å². The highest BCUT2D eigenvalue weighted by Gasteiger charge is 2.41. The quantitative estimate of drug-likeness (QED) is 0.792. The van der Waals surface area contributed by atoms with Crippen molar-refractivity contribution in [2.45, 2.75) is 57.4 Å². The molecule has 0 saturated carbocycles. The van der Waals surface area contributed by atoms with E-state index in [4.69, 9.17) is 4.18 Å². The summed E-state index contributed by atoms with van der Waals surface area (Å²) in [6, 6.07) is 7.16.